The van der Waals surface area contributed by atoms with Crippen molar-refractivity contribution in [2.24, 2.45) is 0 Å². The van der Waals surface area contributed by atoms with Crippen molar-refractivity contribution in [1.29, 1.82) is 0 Å². The number of morpholine rings is 1. The molecular weight excluding hydrogens is 268 g/mol. The molecule has 2 aliphatic heterocycles. The third kappa shape index (κ3) is 3.00. The molecule has 1 atom stereocenters. The lowest BCUT2D eigenvalue weighted by Crippen LogP contribution is -2.54. The Bertz CT molecular complexity index is 504. The maximum absolute atomic E-state index is 5.60. The first kappa shape index (κ1) is 14.6. The van der Waals surface area contributed by atoms with E-state index in [2.05, 4.69) is 36.2 Å². The average Bonchev–Trinajstić information content (AvgIpc) is 2.93. The van der Waals surface area contributed by atoms with Crippen LogP contribution in [0.5, 0.6) is 11.5 Å². The lowest BCUT2D eigenvalue weighted by atomic mass is 9.99. The predicted octanol–water partition coefficient (Wildman–Crippen LogP) is 1.79. The van der Waals surface area contributed by atoms with Gasteiger partial charge in [-0.05, 0) is 38.6 Å². The third-order valence-corrected chi connectivity index (χ3v) is 4.37. The standard InChI is InChI=1S/C16H24N2O3/c1-16(2)10-19-7-6-18(16)9-13(17-3)12-4-5-14-15(8-12)21-11-20-14/h4-5,8,13,17H,6-7,9-11H2,1-3H3. The minimum atomic E-state index is 0.0731. The van der Waals surface area contributed by atoms with E-state index >= 15 is 0 Å². The van der Waals surface area contributed by atoms with Gasteiger partial charge in [0.05, 0.1) is 13.2 Å². The predicted molar refractivity (Wildman–Crippen MR) is 80.8 cm³/mol. The summed E-state index contributed by atoms with van der Waals surface area (Å²) in [5.74, 6) is 1.68. The zero-order valence-corrected chi connectivity index (χ0v) is 13.0. The van der Waals surface area contributed by atoms with E-state index in [4.69, 9.17) is 14.2 Å². The van der Waals surface area contributed by atoms with Crippen molar-refractivity contribution in [3.05, 3.63) is 23.8 Å². The molecule has 0 aromatic heterocycles. The molecular formula is C16H24N2O3. The quantitative estimate of drug-likeness (QED) is 0.916. The van der Waals surface area contributed by atoms with Gasteiger partial charge in [-0.15, -0.1) is 0 Å². The zero-order chi connectivity index (χ0) is 14.9. The number of hydrogen-bond donors (Lipinski definition) is 1. The van der Waals surface area contributed by atoms with Crippen LogP contribution in [0.2, 0.25) is 0 Å². The highest BCUT2D eigenvalue weighted by molar-refractivity contribution is 5.45. The first-order valence-corrected chi connectivity index (χ1v) is 7.50. The maximum Gasteiger partial charge on any atom is 0.231 e. The van der Waals surface area contributed by atoms with E-state index in [1.165, 1.54) is 5.56 Å². The summed E-state index contributed by atoms with van der Waals surface area (Å²) in [5.41, 5.74) is 1.30. The normalized spacial score (nSPS) is 22.2. The molecule has 1 saturated heterocycles. The van der Waals surface area contributed by atoms with E-state index in [1.807, 2.05) is 13.1 Å². The molecule has 0 amide bonds. The molecule has 1 N–H and O–H groups in total. The number of hydrogen-bond acceptors (Lipinski definition) is 5. The van der Waals surface area contributed by atoms with Crippen LogP contribution in [0.1, 0.15) is 25.5 Å². The second-order valence-electron chi connectivity index (χ2n) is 6.26. The van der Waals surface area contributed by atoms with Crippen LogP contribution in [0, 0.1) is 0 Å². The van der Waals surface area contributed by atoms with Crippen LogP contribution in [0.4, 0.5) is 0 Å². The molecule has 2 heterocycles. The molecule has 1 fully saturated rings. The van der Waals surface area contributed by atoms with Crippen molar-refractivity contribution < 1.29 is 14.2 Å². The Morgan fingerprint density at radius 2 is 2.10 bits per heavy atom. The van der Waals surface area contributed by atoms with Crippen molar-refractivity contribution >= 4 is 0 Å². The number of fused-ring (bicyclic) bond motifs is 1. The maximum atomic E-state index is 5.60. The SMILES string of the molecule is CNC(CN1CCOCC1(C)C)c1ccc2c(c1)OCO2. The van der Waals surface area contributed by atoms with Gasteiger partial charge >= 0.3 is 0 Å². The van der Waals surface area contributed by atoms with Gasteiger partial charge in [0.25, 0.3) is 0 Å². The summed E-state index contributed by atoms with van der Waals surface area (Å²) in [6.07, 6.45) is 0. The van der Waals surface area contributed by atoms with Crippen LogP contribution in [0.15, 0.2) is 18.2 Å². The van der Waals surface area contributed by atoms with E-state index in [9.17, 15) is 0 Å². The van der Waals surface area contributed by atoms with Crippen molar-refractivity contribution in [3.8, 4) is 11.5 Å². The Labute approximate surface area is 126 Å². The van der Waals surface area contributed by atoms with Gasteiger partial charge < -0.3 is 19.5 Å². The minimum absolute atomic E-state index is 0.0731. The van der Waals surface area contributed by atoms with Crippen molar-refractivity contribution in [2.45, 2.75) is 25.4 Å². The van der Waals surface area contributed by atoms with Crippen LogP contribution in [-0.4, -0.2) is 50.6 Å². The summed E-state index contributed by atoms with van der Waals surface area (Å²) >= 11 is 0. The number of ether oxygens (including phenoxy) is 3. The van der Waals surface area contributed by atoms with Crippen molar-refractivity contribution in [3.63, 3.8) is 0 Å². The molecule has 21 heavy (non-hydrogen) atoms. The highest BCUT2D eigenvalue weighted by atomic mass is 16.7. The Morgan fingerprint density at radius 3 is 2.86 bits per heavy atom. The first-order chi connectivity index (χ1) is 10.1. The lowest BCUT2D eigenvalue weighted by Gasteiger charge is -2.43. The molecule has 0 radical (unpaired) electrons. The molecule has 0 saturated carbocycles. The summed E-state index contributed by atoms with van der Waals surface area (Å²) in [4.78, 5) is 2.49. The number of nitrogens with one attached hydrogen (secondary N) is 1. The molecule has 0 aliphatic carbocycles. The van der Waals surface area contributed by atoms with Gasteiger partial charge in [0, 0.05) is 24.7 Å². The molecule has 0 spiro atoms. The van der Waals surface area contributed by atoms with E-state index in [1.54, 1.807) is 0 Å². The zero-order valence-electron chi connectivity index (χ0n) is 13.0. The highest BCUT2D eigenvalue weighted by Gasteiger charge is 2.32. The Balaban J connectivity index is 1.75. The molecule has 3 rings (SSSR count). The average molecular weight is 292 g/mol. The monoisotopic (exact) mass is 292 g/mol. The van der Waals surface area contributed by atoms with Crippen LogP contribution in [0.25, 0.3) is 0 Å². The summed E-state index contributed by atoms with van der Waals surface area (Å²) in [6, 6.07) is 6.45. The molecule has 1 unspecified atom stereocenters. The van der Waals surface area contributed by atoms with E-state index in [-0.39, 0.29) is 11.6 Å². The highest BCUT2D eigenvalue weighted by Crippen LogP contribution is 2.34. The van der Waals surface area contributed by atoms with Crippen LogP contribution in [-0.2, 0) is 4.74 Å². The molecule has 5 heteroatoms. The molecule has 5 nitrogen and oxygen atoms in total. The van der Waals surface area contributed by atoms with Crippen LogP contribution < -0.4 is 14.8 Å². The largest absolute Gasteiger partial charge is 0.454 e. The van der Waals surface area contributed by atoms with Crippen molar-refractivity contribution in [2.75, 3.05) is 40.1 Å². The lowest BCUT2D eigenvalue weighted by molar-refractivity contribution is -0.0543. The van der Waals surface area contributed by atoms with E-state index in [0.29, 0.717) is 6.79 Å². The van der Waals surface area contributed by atoms with Gasteiger partial charge in [0.15, 0.2) is 11.5 Å². The van der Waals surface area contributed by atoms with Gasteiger partial charge in [-0.1, -0.05) is 6.07 Å². The Kier molecular flexibility index (Phi) is 4.06. The van der Waals surface area contributed by atoms with E-state index in [0.717, 1.165) is 37.8 Å². The first-order valence-electron chi connectivity index (χ1n) is 7.50. The summed E-state index contributed by atoms with van der Waals surface area (Å²) in [5, 5.41) is 3.42. The van der Waals surface area contributed by atoms with Gasteiger partial charge in [-0.2, -0.15) is 0 Å². The number of likely N-dealkylation sites (N-methyl/N-ethyl adjacent to an activating group) is 1. The summed E-state index contributed by atoms with van der Waals surface area (Å²) in [7, 11) is 2.00. The summed E-state index contributed by atoms with van der Waals surface area (Å²) in [6.45, 7) is 8.30. The second-order valence-corrected chi connectivity index (χ2v) is 6.26. The fourth-order valence-corrected chi connectivity index (χ4v) is 2.94. The molecule has 0 bridgehead atoms. The fraction of sp³-hybridized carbons (Fsp3) is 0.625. The molecule has 1 aromatic rings. The van der Waals surface area contributed by atoms with Crippen LogP contribution in [0.3, 0.4) is 0 Å². The molecule has 1 aromatic carbocycles. The van der Waals surface area contributed by atoms with Gasteiger partial charge in [0.2, 0.25) is 6.79 Å². The Hall–Kier alpha value is -1.30. The number of benzene rings is 1. The topological polar surface area (TPSA) is 43.0 Å². The smallest absolute Gasteiger partial charge is 0.231 e. The van der Waals surface area contributed by atoms with Gasteiger partial charge in [-0.25, -0.2) is 0 Å². The summed E-state index contributed by atoms with van der Waals surface area (Å²) < 4.78 is 16.5. The van der Waals surface area contributed by atoms with Crippen LogP contribution >= 0.6 is 0 Å². The fourth-order valence-electron chi connectivity index (χ4n) is 2.94. The second kappa shape index (κ2) is 5.83. The molecule has 116 valence electrons. The number of rotatable bonds is 4. The molecule has 2 aliphatic rings. The van der Waals surface area contributed by atoms with Gasteiger partial charge in [-0.3, -0.25) is 4.90 Å². The Morgan fingerprint density at radius 1 is 1.29 bits per heavy atom. The van der Waals surface area contributed by atoms with E-state index < -0.39 is 0 Å². The minimum Gasteiger partial charge on any atom is -0.454 e. The van der Waals surface area contributed by atoms with Crippen molar-refractivity contribution in [1.82, 2.24) is 10.2 Å². The van der Waals surface area contributed by atoms with Gasteiger partial charge in [0.1, 0.15) is 0 Å². The number of nitrogens with zero attached hydrogens (tertiary/aromatic N) is 1. The third-order valence-electron chi connectivity index (χ3n) is 4.37.